The Morgan fingerprint density at radius 2 is 1.88 bits per heavy atom. The van der Waals surface area contributed by atoms with Crippen LogP contribution in [0.5, 0.6) is 0 Å². The number of hydrogen-bond donors (Lipinski definition) is 2. The second-order valence-corrected chi connectivity index (χ2v) is 6.74. The minimum atomic E-state index is -0.117. The Labute approximate surface area is 152 Å². The van der Waals surface area contributed by atoms with Crippen LogP contribution in [0.3, 0.4) is 0 Å². The van der Waals surface area contributed by atoms with Gasteiger partial charge in [-0.15, -0.1) is 0 Å². The van der Waals surface area contributed by atoms with Crippen LogP contribution in [0.15, 0.2) is 36.4 Å². The number of hydrogen-bond acceptors (Lipinski definition) is 3. The highest BCUT2D eigenvalue weighted by Gasteiger charge is 2.28. The maximum Gasteiger partial charge on any atom is 0.322 e. The van der Waals surface area contributed by atoms with E-state index in [4.69, 9.17) is 5.73 Å². The molecule has 6 nitrogen and oxygen atoms in total. The molecule has 26 heavy (non-hydrogen) atoms. The zero-order valence-electron chi connectivity index (χ0n) is 14.8. The molecule has 0 saturated carbocycles. The molecule has 2 aliphatic heterocycles. The Morgan fingerprint density at radius 1 is 1.12 bits per heavy atom. The van der Waals surface area contributed by atoms with Crippen molar-refractivity contribution in [2.24, 2.45) is 0 Å². The van der Waals surface area contributed by atoms with E-state index in [-0.39, 0.29) is 11.9 Å². The molecule has 0 aromatic heterocycles. The summed E-state index contributed by atoms with van der Waals surface area (Å²) in [6.07, 6.45) is 1.78. The molecule has 0 unspecified atom stereocenters. The first-order valence-electron chi connectivity index (χ1n) is 8.92. The van der Waals surface area contributed by atoms with Crippen molar-refractivity contribution in [3.05, 3.63) is 53.1 Å². The lowest BCUT2D eigenvalue weighted by Gasteiger charge is -2.31. The van der Waals surface area contributed by atoms with Gasteiger partial charge in [0.25, 0.3) is 5.91 Å². The number of anilines is 3. The Hall–Kier alpha value is -3.02. The van der Waals surface area contributed by atoms with Crippen LogP contribution in [0.4, 0.5) is 21.9 Å². The first-order valence-corrected chi connectivity index (χ1v) is 8.92. The van der Waals surface area contributed by atoms with E-state index in [9.17, 15) is 9.59 Å². The number of urea groups is 1. The van der Waals surface area contributed by atoms with E-state index in [1.165, 1.54) is 0 Å². The van der Waals surface area contributed by atoms with E-state index >= 15 is 0 Å². The van der Waals surface area contributed by atoms with Gasteiger partial charge in [-0.2, -0.15) is 0 Å². The van der Waals surface area contributed by atoms with Crippen LogP contribution < -0.4 is 20.9 Å². The monoisotopic (exact) mass is 350 g/mol. The van der Waals surface area contributed by atoms with Gasteiger partial charge in [-0.1, -0.05) is 12.1 Å². The Bertz CT molecular complexity index is 893. The molecular formula is C20H22N4O2. The van der Waals surface area contributed by atoms with Crippen molar-refractivity contribution in [3.8, 4) is 0 Å². The van der Waals surface area contributed by atoms with Gasteiger partial charge in [-0.05, 0) is 55.2 Å². The number of amides is 3. The normalized spacial score (nSPS) is 16.4. The highest BCUT2D eigenvalue weighted by molar-refractivity contribution is 6.09. The number of nitrogens with one attached hydrogen (secondary N) is 1. The number of carbonyl (C=O) groups is 2. The van der Waals surface area contributed by atoms with Crippen molar-refractivity contribution in [1.29, 1.82) is 0 Å². The molecule has 2 aromatic carbocycles. The van der Waals surface area contributed by atoms with Crippen LogP contribution in [0.25, 0.3) is 0 Å². The predicted octanol–water partition coefficient (Wildman–Crippen LogP) is 2.70. The summed E-state index contributed by atoms with van der Waals surface area (Å²) >= 11 is 0. The van der Waals surface area contributed by atoms with Crippen molar-refractivity contribution in [3.63, 3.8) is 0 Å². The first kappa shape index (κ1) is 16.4. The summed E-state index contributed by atoms with van der Waals surface area (Å²) in [5, 5.41) is 2.80. The van der Waals surface area contributed by atoms with Crippen molar-refractivity contribution < 1.29 is 9.59 Å². The number of carbonyl (C=O) groups excluding carboxylic acids is 2. The van der Waals surface area contributed by atoms with Gasteiger partial charge in [0.05, 0.1) is 0 Å². The van der Waals surface area contributed by atoms with Crippen LogP contribution in [0.1, 0.15) is 27.9 Å². The number of benzene rings is 2. The fraction of sp³-hybridized carbons (Fsp3) is 0.300. The number of fused-ring (bicyclic) bond motifs is 1. The Balaban J connectivity index is 1.72. The summed E-state index contributed by atoms with van der Waals surface area (Å²) in [6.45, 7) is 3.80. The molecule has 4 rings (SSSR count). The summed E-state index contributed by atoms with van der Waals surface area (Å²) in [5.74, 6) is -0.0458. The quantitative estimate of drug-likeness (QED) is 0.818. The largest absolute Gasteiger partial charge is 0.398 e. The van der Waals surface area contributed by atoms with Gasteiger partial charge in [0.1, 0.15) is 0 Å². The molecule has 0 aliphatic carbocycles. The molecule has 0 radical (unpaired) electrons. The molecule has 0 bridgehead atoms. The zero-order chi connectivity index (χ0) is 18.3. The summed E-state index contributed by atoms with van der Waals surface area (Å²) in [4.78, 5) is 28.8. The average Bonchev–Trinajstić information content (AvgIpc) is 3.07. The highest BCUT2D eigenvalue weighted by atomic mass is 16.2. The molecular weight excluding hydrogens is 328 g/mol. The molecule has 0 atom stereocenters. The third kappa shape index (κ3) is 2.58. The molecule has 1 fully saturated rings. The van der Waals surface area contributed by atoms with E-state index in [1.54, 1.807) is 4.90 Å². The fourth-order valence-electron chi connectivity index (χ4n) is 3.86. The van der Waals surface area contributed by atoms with Gasteiger partial charge >= 0.3 is 6.03 Å². The lowest BCUT2D eigenvalue weighted by atomic mass is 9.98. The smallest absolute Gasteiger partial charge is 0.322 e. The molecule has 3 N–H and O–H groups in total. The maximum absolute atomic E-state index is 13.3. The van der Waals surface area contributed by atoms with Crippen molar-refractivity contribution in [2.75, 3.05) is 35.2 Å². The van der Waals surface area contributed by atoms with Crippen LogP contribution in [0, 0.1) is 6.92 Å². The molecule has 134 valence electrons. The van der Waals surface area contributed by atoms with Crippen LogP contribution in [0.2, 0.25) is 0 Å². The maximum atomic E-state index is 13.3. The topological polar surface area (TPSA) is 78.7 Å². The lowest BCUT2D eigenvalue weighted by Crippen LogP contribution is -2.36. The van der Waals surface area contributed by atoms with Gasteiger partial charge in [-0.3, -0.25) is 9.69 Å². The molecule has 0 spiro atoms. The number of nitrogens with zero attached hydrogens (tertiary/aromatic N) is 2. The fourth-order valence-corrected chi connectivity index (χ4v) is 3.86. The van der Waals surface area contributed by atoms with E-state index in [0.717, 1.165) is 41.0 Å². The molecule has 3 amide bonds. The van der Waals surface area contributed by atoms with Gasteiger partial charge < -0.3 is 16.0 Å². The van der Waals surface area contributed by atoms with Crippen molar-refractivity contribution in [2.45, 2.75) is 19.8 Å². The van der Waals surface area contributed by atoms with Crippen LogP contribution in [-0.4, -0.2) is 31.6 Å². The second kappa shape index (κ2) is 6.37. The van der Waals surface area contributed by atoms with Crippen LogP contribution >= 0.6 is 0 Å². The Morgan fingerprint density at radius 3 is 2.65 bits per heavy atom. The van der Waals surface area contributed by atoms with Crippen molar-refractivity contribution >= 4 is 29.0 Å². The summed E-state index contributed by atoms with van der Waals surface area (Å²) in [5.41, 5.74) is 11.0. The summed E-state index contributed by atoms with van der Waals surface area (Å²) in [6, 6.07) is 11.2. The number of nitrogen functional groups attached to an aromatic ring is 1. The van der Waals surface area contributed by atoms with Crippen molar-refractivity contribution in [1.82, 2.24) is 5.32 Å². The molecule has 2 heterocycles. The predicted molar refractivity (Wildman–Crippen MR) is 103 cm³/mol. The lowest BCUT2D eigenvalue weighted by molar-refractivity contribution is 0.0984. The standard InChI is InChI=1S/C20H22N4O2/c1-13-14(5-2-8-17(13)24-12-10-22-20(24)26)19(25)23-11-4-6-15-16(21)7-3-9-18(15)23/h2-3,5,7-9H,4,6,10-12,21H2,1H3,(H,22,26). The van der Waals surface area contributed by atoms with Gasteiger partial charge in [0.15, 0.2) is 0 Å². The van der Waals surface area contributed by atoms with Gasteiger partial charge in [0.2, 0.25) is 0 Å². The first-order chi connectivity index (χ1) is 12.6. The molecule has 2 aliphatic rings. The average molecular weight is 350 g/mol. The molecule has 6 heteroatoms. The highest BCUT2D eigenvalue weighted by Crippen LogP contribution is 2.33. The summed E-state index contributed by atoms with van der Waals surface area (Å²) < 4.78 is 0. The minimum absolute atomic E-state index is 0.0458. The third-order valence-corrected chi connectivity index (χ3v) is 5.22. The van der Waals surface area contributed by atoms with E-state index < -0.39 is 0 Å². The molecule has 1 saturated heterocycles. The van der Waals surface area contributed by atoms with Gasteiger partial charge in [0, 0.05) is 42.3 Å². The number of rotatable bonds is 2. The minimum Gasteiger partial charge on any atom is -0.398 e. The van der Waals surface area contributed by atoms with E-state index in [0.29, 0.717) is 25.2 Å². The van der Waals surface area contributed by atoms with E-state index in [2.05, 4.69) is 5.32 Å². The summed E-state index contributed by atoms with van der Waals surface area (Å²) in [7, 11) is 0. The number of nitrogens with two attached hydrogens (primary N) is 1. The van der Waals surface area contributed by atoms with E-state index in [1.807, 2.05) is 48.2 Å². The van der Waals surface area contributed by atoms with Gasteiger partial charge in [-0.25, -0.2) is 4.79 Å². The van der Waals surface area contributed by atoms with Crippen LogP contribution in [-0.2, 0) is 6.42 Å². The third-order valence-electron chi connectivity index (χ3n) is 5.22. The second-order valence-electron chi connectivity index (χ2n) is 6.74. The molecule has 2 aromatic rings. The zero-order valence-corrected chi connectivity index (χ0v) is 14.8. The Kier molecular flexibility index (Phi) is 4.03. The SMILES string of the molecule is Cc1c(C(=O)N2CCCc3c(N)cccc32)cccc1N1CCNC1=O.